The molecule has 1 aromatic carbocycles. The summed E-state index contributed by atoms with van der Waals surface area (Å²) in [5, 5.41) is 0.508. The molecule has 25 heavy (non-hydrogen) atoms. The highest BCUT2D eigenvalue weighted by molar-refractivity contribution is 7.21. The maximum Gasteiger partial charge on any atom is 0.264 e. The van der Waals surface area contributed by atoms with E-state index in [9.17, 15) is 9.18 Å². The number of halogens is 2. The number of hydrogen-bond donors (Lipinski definition) is 1. The Kier molecular flexibility index (Phi) is 6.79. The topological polar surface area (TPSA) is 55.6 Å². The highest BCUT2D eigenvalue weighted by Gasteiger charge is 2.29. The number of methoxy groups -OCH3 is 1. The van der Waals surface area contributed by atoms with Crippen LogP contribution < -0.4 is 5.73 Å². The Hall–Kier alpha value is -1.21. The predicted molar refractivity (Wildman–Crippen MR) is 102 cm³/mol. The quantitative estimate of drug-likeness (QED) is 0.869. The number of likely N-dealkylation sites (tertiary alicyclic amines) is 1. The number of amides is 1. The van der Waals surface area contributed by atoms with Crippen LogP contribution in [-0.2, 0) is 11.3 Å². The molecular formula is C18H24ClFN2O2S. The number of ether oxygens (including phenoxy) is 1. The van der Waals surface area contributed by atoms with Crippen LogP contribution in [0.5, 0.6) is 0 Å². The van der Waals surface area contributed by atoms with Crippen LogP contribution in [0.25, 0.3) is 10.1 Å². The summed E-state index contributed by atoms with van der Waals surface area (Å²) >= 11 is 1.35. The molecule has 2 unspecified atom stereocenters. The first-order valence-electron chi connectivity index (χ1n) is 8.26. The summed E-state index contributed by atoms with van der Waals surface area (Å²) in [6.45, 7) is 3.61. The minimum atomic E-state index is -0.304. The van der Waals surface area contributed by atoms with Gasteiger partial charge in [-0.25, -0.2) is 4.39 Å². The summed E-state index contributed by atoms with van der Waals surface area (Å²) in [6, 6.07) is 5.01. The van der Waals surface area contributed by atoms with E-state index in [4.69, 9.17) is 10.5 Å². The first kappa shape index (κ1) is 20.1. The van der Waals surface area contributed by atoms with Gasteiger partial charge < -0.3 is 15.4 Å². The molecular weight excluding hydrogens is 363 g/mol. The fourth-order valence-corrected chi connectivity index (χ4v) is 4.58. The lowest BCUT2D eigenvalue weighted by atomic mass is 9.92. The number of nitrogens with zero attached hydrogens (tertiary/aromatic N) is 1. The Morgan fingerprint density at radius 2 is 2.28 bits per heavy atom. The summed E-state index contributed by atoms with van der Waals surface area (Å²) in [6.07, 6.45) is 2.00. The molecule has 1 amide bonds. The number of rotatable bonds is 4. The fraction of sp³-hybridized carbons (Fsp3) is 0.500. The summed E-state index contributed by atoms with van der Waals surface area (Å²) in [4.78, 5) is 15.5. The molecule has 2 aromatic rings. The van der Waals surface area contributed by atoms with E-state index >= 15 is 0 Å². The van der Waals surface area contributed by atoms with Gasteiger partial charge in [0.1, 0.15) is 5.82 Å². The van der Waals surface area contributed by atoms with E-state index < -0.39 is 0 Å². The second-order valence-corrected chi connectivity index (χ2v) is 7.52. The average molecular weight is 387 g/mol. The Bertz CT molecular complexity index is 750. The average Bonchev–Trinajstić information content (AvgIpc) is 2.94. The maximum atomic E-state index is 14.3. The third-order valence-electron chi connectivity index (χ3n) is 4.73. The van der Waals surface area contributed by atoms with E-state index in [0.717, 1.165) is 24.1 Å². The standard InChI is InChI=1S/C18H23FN2O2S.ClH/c1-11(20)12-5-4-8-21(9-12)18(22)17-13(10-23-2)16-14(19)6-3-7-15(16)24-17;/h3,6-7,11-12H,4-5,8-10,20H2,1-2H3;1H. The Morgan fingerprint density at radius 1 is 1.52 bits per heavy atom. The van der Waals surface area contributed by atoms with Gasteiger partial charge in [-0.1, -0.05) is 6.07 Å². The van der Waals surface area contributed by atoms with Crippen LogP contribution in [0.15, 0.2) is 18.2 Å². The van der Waals surface area contributed by atoms with Crippen LogP contribution in [-0.4, -0.2) is 37.0 Å². The van der Waals surface area contributed by atoms with Crippen LogP contribution in [0.3, 0.4) is 0 Å². The van der Waals surface area contributed by atoms with Gasteiger partial charge in [0.25, 0.3) is 5.91 Å². The zero-order valence-corrected chi connectivity index (χ0v) is 16.1. The van der Waals surface area contributed by atoms with Crippen LogP contribution in [0.1, 0.15) is 35.0 Å². The van der Waals surface area contributed by atoms with Gasteiger partial charge in [0.2, 0.25) is 0 Å². The largest absolute Gasteiger partial charge is 0.380 e. The number of fused-ring (bicyclic) bond motifs is 1. The molecule has 1 fully saturated rings. The zero-order chi connectivity index (χ0) is 17.3. The molecule has 4 nitrogen and oxygen atoms in total. The molecule has 0 saturated carbocycles. The van der Waals surface area contributed by atoms with Crippen molar-refractivity contribution in [2.45, 2.75) is 32.4 Å². The number of carbonyl (C=O) groups is 1. The number of thiophene rings is 1. The first-order valence-corrected chi connectivity index (χ1v) is 9.08. The lowest BCUT2D eigenvalue weighted by molar-refractivity contribution is 0.0662. The van der Waals surface area contributed by atoms with Gasteiger partial charge in [-0.2, -0.15) is 0 Å². The van der Waals surface area contributed by atoms with Crippen molar-refractivity contribution < 1.29 is 13.9 Å². The molecule has 0 spiro atoms. The lowest BCUT2D eigenvalue weighted by Gasteiger charge is -2.34. The van der Waals surface area contributed by atoms with Crippen molar-refractivity contribution in [1.29, 1.82) is 0 Å². The van der Waals surface area contributed by atoms with Gasteiger partial charge in [0.15, 0.2) is 0 Å². The van der Waals surface area contributed by atoms with E-state index in [1.165, 1.54) is 17.4 Å². The summed E-state index contributed by atoms with van der Waals surface area (Å²) in [5.74, 6) is -0.0189. The van der Waals surface area contributed by atoms with Crippen molar-refractivity contribution >= 4 is 39.7 Å². The summed E-state index contributed by atoms with van der Waals surface area (Å²) < 4.78 is 20.3. The highest BCUT2D eigenvalue weighted by Crippen LogP contribution is 2.35. The molecule has 2 heterocycles. The van der Waals surface area contributed by atoms with Gasteiger partial charge in [-0.3, -0.25) is 4.79 Å². The summed E-state index contributed by atoms with van der Waals surface area (Å²) in [7, 11) is 1.56. The molecule has 1 aliphatic rings. The molecule has 1 aromatic heterocycles. The second-order valence-electron chi connectivity index (χ2n) is 6.47. The minimum absolute atomic E-state index is 0. The molecule has 0 radical (unpaired) electrons. The number of nitrogens with two attached hydrogens (primary N) is 1. The molecule has 1 aliphatic heterocycles. The van der Waals surface area contributed by atoms with Crippen molar-refractivity contribution in [2.75, 3.05) is 20.2 Å². The SMILES string of the molecule is COCc1c(C(=O)N2CCCC(C(C)N)C2)sc2cccc(F)c12.Cl. The number of piperidine rings is 1. The van der Waals surface area contributed by atoms with E-state index in [2.05, 4.69) is 0 Å². The van der Waals surface area contributed by atoms with Crippen LogP contribution in [0.4, 0.5) is 4.39 Å². The molecule has 0 aliphatic carbocycles. The molecule has 2 atom stereocenters. The van der Waals surface area contributed by atoms with Crippen molar-refractivity contribution in [3.05, 3.63) is 34.5 Å². The minimum Gasteiger partial charge on any atom is -0.380 e. The third kappa shape index (κ3) is 3.97. The van der Waals surface area contributed by atoms with Gasteiger partial charge in [0.05, 0.1) is 11.5 Å². The molecule has 7 heteroatoms. The number of carbonyl (C=O) groups excluding carboxylic acids is 1. The lowest BCUT2D eigenvalue weighted by Crippen LogP contribution is -2.45. The van der Waals surface area contributed by atoms with Gasteiger partial charge >= 0.3 is 0 Å². The molecule has 1 saturated heterocycles. The van der Waals surface area contributed by atoms with Crippen molar-refractivity contribution in [2.24, 2.45) is 11.7 Å². The maximum absolute atomic E-state index is 14.3. The van der Waals surface area contributed by atoms with Crippen molar-refractivity contribution in [1.82, 2.24) is 4.90 Å². The molecule has 2 N–H and O–H groups in total. The normalized spacial score (nSPS) is 18.9. The predicted octanol–water partition coefficient (Wildman–Crippen LogP) is 3.81. The molecule has 138 valence electrons. The monoisotopic (exact) mass is 386 g/mol. The van der Waals surface area contributed by atoms with Crippen LogP contribution >= 0.6 is 23.7 Å². The smallest absolute Gasteiger partial charge is 0.264 e. The van der Waals surface area contributed by atoms with Crippen molar-refractivity contribution in [3.63, 3.8) is 0 Å². The number of benzene rings is 1. The molecule has 0 bridgehead atoms. The highest BCUT2D eigenvalue weighted by atomic mass is 35.5. The third-order valence-corrected chi connectivity index (χ3v) is 5.92. The number of hydrogen-bond acceptors (Lipinski definition) is 4. The van der Waals surface area contributed by atoms with Crippen LogP contribution in [0.2, 0.25) is 0 Å². The fourth-order valence-electron chi connectivity index (χ4n) is 3.39. The van der Waals surface area contributed by atoms with E-state index in [-0.39, 0.29) is 36.8 Å². The van der Waals surface area contributed by atoms with Gasteiger partial charge in [0, 0.05) is 41.9 Å². The Balaban J connectivity index is 0.00000225. The molecule has 3 rings (SSSR count). The van der Waals surface area contributed by atoms with Crippen LogP contribution in [0, 0.1) is 11.7 Å². The van der Waals surface area contributed by atoms with E-state index in [1.54, 1.807) is 13.2 Å². The zero-order valence-electron chi connectivity index (χ0n) is 14.5. The summed E-state index contributed by atoms with van der Waals surface area (Å²) in [5.41, 5.74) is 6.68. The Morgan fingerprint density at radius 3 is 2.96 bits per heavy atom. The van der Waals surface area contributed by atoms with E-state index in [1.807, 2.05) is 17.9 Å². The first-order chi connectivity index (χ1) is 11.5. The Labute approximate surface area is 157 Å². The second kappa shape index (κ2) is 8.45. The van der Waals surface area contributed by atoms with E-state index in [0.29, 0.717) is 28.3 Å². The van der Waals surface area contributed by atoms with Crippen molar-refractivity contribution in [3.8, 4) is 0 Å². The van der Waals surface area contributed by atoms with Gasteiger partial charge in [-0.05, 0) is 37.8 Å². The van der Waals surface area contributed by atoms with Gasteiger partial charge in [-0.15, -0.1) is 23.7 Å².